The quantitative estimate of drug-likeness (QED) is 0.787. The van der Waals surface area contributed by atoms with E-state index in [1.54, 1.807) is 10.9 Å². The van der Waals surface area contributed by atoms with Crippen LogP contribution in [0.25, 0.3) is 5.69 Å². The minimum atomic E-state index is -0.000817. The average Bonchev–Trinajstić information content (AvgIpc) is 3.02. The second-order valence-electron chi connectivity index (χ2n) is 5.57. The third-order valence-electron chi connectivity index (χ3n) is 3.59. The van der Waals surface area contributed by atoms with Gasteiger partial charge < -0.3 is 5.32 Å². The lowest BCUT2D eigenvalue weighted by Gasteiger charge is -2.05. The van der Waals surface area contributed by atoms with Gasteiger partial charge in [-0.15, -0.1) is 0 Å². The number of aryl methyl sites for hydroxylation is 1. The van der Waals surface area contributed by atoms with Gasteiger partial charge in [-0.1, -0.05) is 48.0 Å². The van der Waals surface area contributed by atoms with Crippen LogP contribution in [-0.4, -0.2) is 15.7 Å². The van der Waals surface area contributed by atoms with Crippen LogP contribution in [0.4, 0.5) is 0 Å². The van der Waals surface area contributed by atoms with Gasteiger partial charge in [0.05, 0.1) is 18.3 Å². The van der Waals surface area contributed by atoms with Crippen molar-refractivity contribution >= 4 is 5.91 Å². The molecule has 0 atom stereocenters. The molecule has 1 N–H and O–H groups in total. The van der Waals surface area contributed by atoms with Gasteiger partial charge in [-0.3, -0.25) is 4.79 Å². The second kappa shape index (κ2) is 6.92. The van der Waals surface area contributed by atoms with Crippen molar-refractivity contribution in [3.8, 4) is 5.69 Å². The van der Waals surface area contributed by atoms with E-state index in [0.29, 0.717) is 13.0 Å². The Morgan fingerprint density at radius 1 is 1.09 bits per heavy atom. The maximum Gasteiger partial charge on any atom is 0.224 e. The molecular weight excluding hydrogens is 286 g/mol. The summed E-state index contributed by atoms with van der Waals surface area (Å²) >= 11 is 0. The van der Waals surface area contributed by atoms with Crippen LogP contribution in [0, 0.1) is 6.92 Å². The number of aromatic nitrogens is 2. The summed E-state index contributed by atoms with van der Waals surface area (Å²) in [5.41, 5.74) is 4.19. The van der Waals surface area contributed by atoms with Gasteiger partial charge in [0.1, 0.15) is 0 Å². The third-order valence-corrected chi connectivity index (χ3v) is 3.59. The molecule has 0 fully saturated rings. The molecule has 4 heteroatoms. The Hall–Kier alpha value is -2.88. The van der Waals surface area contributed by atoms with Crippen molar-refractivity contribution in [1.29, 1.82) is 0 Å². The topological polar surface area (TPSA) is 46.9 Å². The van der Waals surface area contributed by atoms with Crippen LogP contribution in [0.3, 0.4) is 0 Å². The predicted octanol–water partition coefficient (Wildman–Crippen LogP) is 3.04. The maximum atomic E-state index is 12.1. The van der Waals surface area contributed by atoms with Crippen molar-refractivity contribution in [2.24, 2.45) is 0 Å². The first kappa shape index (κ1) is 15.0. The highest BCUT2D eigenvalue weighted by molar-refractivity contribution is 5.78. The first-order valence-corrected chi connectivity index (χ1v) is 7.62. The maximum absolute atomic E-state index is 12.1. The molecule has 116 valence electrons. The first-order chi connectivity index (χ1) is 11.2. The van der Waals surface area contributed by atoms with Gasteiger partial charge in [0.15, 0.2) is 0 Å². The van der Waals surface area contributed by atoms with Crippen LogP contribution >= 0.6 is 0 Å². The molecule has 0 unspecified atom stereocenters. The Kier molecular flexibility index (Phi) is 4.52. The summed E-state index contributed by atoms with van der Waals surface area (Å²) in [7, 11) is 0. The zero-order chi connectivity index (χ0) is 16.1. The lowest BCUT2D eigenvalue weighted by Crippen LogP contribution is -2.24. The van der Waals surface area contributed by atoms with E-state index in [1.165, 1.54) is 5.56 Å². The molecule has 1 heterocycles. The van der Waals surface area contributed by atoms with E-state index in [2.05, 4.69) is 16.5 Å². The second-order valence-corrected chi connectivity index (χ2v) is 5.57. The fraction of sp³-hybridized carbons (Fsp3) is 0.158. The Labute approximate surface area is 135 Å². The van der Waals surface area contributed by atoms with E-state index < -0.39 is 0 Å². The number of carbonyl (C=O) groups excluding carboxylic acids is 1. The summed E-state index contributed by atoms with van der Waals surface area (Å²) in [5.74, 6) is -0.000817. The van der Waals surface area contributed by atoms with Crippen LogP contribution < -0.4 is 5.32 Å². The number of nitrogens with one attached hydrogen (secondary N) is 1. The van der Waals surface area contributed by atoms with Gasteiger partial charge in [-0.25, -0.2) is 4.68 Å². The van der Waals surface area contributed by atoms with E-state index in [0.717, 1.165) is 16.8 Å². The highest BCUT2D eigenvalue weighted by Crippen LogP contribution is 2.08. The highest BCUT2D eigenvalue weighted by atomic mass is 16.1. The molecule has 0 saturated carbocycles. The van der Waals surface area contributed by atoms with Crippen LogP contribution in [0.1, 0.15) is 16.7 Å². The Morgan fingerprint density at radius 2 is 1.91 bits per heavy atom. The Bertz CT molecular complexity index is 793. The molecule has 1 aromatic heterocycles. The fourth-order valence-corrected chi connectivity index (χ4v) is 2.44. The Morgan fingerprint density at radius 3 is 2.70 bits per heavy atom. The summed E-state index contributed by atoms with van der Waals surface area (Å²) in [5, 5.41) is 7.25. The van der Waals surface area contributed by atoms with Crippen molar-refractivity contribution in [3.05, 3.63) is 83.7 Å². The molecule has 2 aromatic carbocycles. The molecule has 0 aliphatic rings. The molecule has 1 amide bonds. The molecule has 0 aliphatic heterocycles. The predicted molar refractivity (Wildman–Crippen MR) is 90.3 cm³/mol. The SMILES string of the molecule is Cc1cccc(CNC(=O)Cc2cnn(-c3ccccc3)c2)c1. The highest BCUT2D eigenvalue weighted by Gasteiger charge is 2.06. The number of nitrogens with zero attached hydrogens (tertiary/aromatic N) is 2. The zero-order valence-electron chi connectivity index (χ0n) is 13.1. The van der Waals surface area contributed by atoms with Crippen molar-refractivity contribution < 1.29 is 4.79 Å². The van der Waals surface area contributed by atoms with Crippen molar-refractivity contribution in [2.75, 3.05) is 0 Å². The lowest BCUT2D eigenvalue weighted by molar-refractivity contribution is -0.120. The van der Waals surface area contributed by atoms with Gasteiger partial charge >= 0.3 is 0 Å². The summed E-state index contributed by atoms with van der Waals surface area (Å²) in [6, 6.07) is 18.0. The summed E-state index contributed by atoms with van der Waals surface area (Å²) in [4.78, 5) is 12.1. The smallest absolute Gasteiger partial charge is 0.224 e. The van der Waals surface area contributed by atoms with E-state index >= 15 is 0 Å². The summed E-state index contributed by atoms with van der Waals surface area (Å²) < 4.78 is 1.78. The molecule has 3 rings (SSSR count). The normalized spacial score (nSPS) is 10.5. The van der Waals surface area contributed by atoms with Gasteiger partial charge in [0.2, 0.25) is 5.91 Å². The van der Waals surface area contributed by atoms with Crippen LogP contribution in [-0.2, 0) is 17.8 Å². The monoisotopic (exact) mass is 305 g/mol. The molecular formula is C19H19N3O. The van der Waals surface area contributed by atoms with Crippen LogP contribution in [0.2, 0.25) is 0 Å². The minimum absolute atomic E-state index is 0.000817. The molecule has 0 saturated heterocycles. The standard InChI is InChI=1S/C19H19N3O/c1-15-6-5-7-16(10-15)12-20-19(23)11-17-13-21-22(14-17)18-8-3-2-4-9-18/h2-10,13-14H,11-12H2,1H3,(H,20,23). The third kappa shape index (κ3) is 4.07. The van der Waals surface area contributed by atoms with E-state index in [9.17, 15) is 4.79 Å². The molecule has 0 bridgehead atoms. The van der Waals surface area contributed by atoms with E-state index in [4.69, 9.17) is 0 Å². The number of hydrogen-bond donors (Lipinski definition) is 1. The number of para-hydroxylation sites is 1. The number of amides is 1. The van der Waals surface area contributed by atoms with Crippen molar-refractivity contribution in [1.82, 2.24) is 15.1 Å². The molecule has 0 aliphatic carbocycles. The molecule has 0 radical (unpaired) electrons. The molecule has 3 aromatic rings. The number of benzene rings is 2. The molecule has 4 nitrogen and oxygen atoms in total. The van der Waals surface area contributed by atoms with Crippen molar-refractivity contribution in [2.45, 2.75) is 19.9 Å². The van der Waals surface area contributed by atoms with Gasteiger partial charge in [0, 0.05) is 12.7 Å². The number of rotatable bonds is 5. The van der Waals surface area contributed by atoms with Crippen molar-refractivity contribution in [3.63, 3.8) is 0 Å². The minimum Gasteiger partial charge on any atom is -0.352 e. The number of hydrogen-bond acceptors (Lipinski definition) is 2. The van der Waals surface area contributed by atoms with E-state index in [-0.39, 0.29) is 5.91 Å². The van der Waals surface area contributed by atoms with Gasteiger partial charge in [-0.2, -0.15) is 5.10 Å². The van der Waals surface area contributed by atoms with Gasteiger partial charge in [0.25, 0.3) is 0 Å². The first-order valence-electron chi connectivity index (χ1n) is 7.62. The van der Waals surface area contributed by atoms with Crippen LogP contribution in [0.15, 0.2) is 67.0 Å². The largest absolute Gasteiger partial charge is 0.352 e. The molecule has 23 heavy (non-hydrogen) atoms. The summed E-state index contributed by atoms with van der Waals surface area (Å²) in [6.07, 6.45) is 3.96. The van der Waals surface area contributed by atoms with Crippen LogP contribution in [0.5, 0.6) is 0 Å². The summed E-state index contributed by atoms with van der Waals surface area (Å²) in [6.45, 7) is 2.59. The molecule has 0 spiro atoms. The number of carbonyl (C=O) groups is 1. The average molecular weight is 305 g/mol. The fourth-order valence-electron chi connectivity index (χ4n) is 2.44. The Balaban J connectivity index is 1.57. The van der Waals surface area contributed by atoms with E-state index in [1.807, 2.05) is 61.7 Å². The van der Waals surface area contributed by atoms with Gasteiger partial charge in [-0.05, 0) is 30.2 Å². The zero-order valence-corrected chi connectivity index (χ0v) is 13.1. The lowest BCUT2D eigenvalue weighted by atomic mass is 10.1.